The lowest BCUT2D eigenvalue weighted by molar-refractivity contribution is 0.197. The van der Waals surface area contributed by atoms with Gasteiger partial charge < -0.3 is 10.5 Å². The molecule has 0 bridgehead atoms. The summed E-state index contributed by atoms with van der Waals surface area (Å²) >= 11 is 0. The van der Waals surface area contributed by atoms with Crippen LogP contribution in [0.15, 0.2) is 0 Å². The first-order chi connectivity index (χ1) is 5.33. The molecule has 0 radical (unpaired) electrons. The summed E-state index contributed by atoms with van der Waals surface area (Å²) in [5, 5.41) is 0. The summed E-state index contributed by atoms with van der Waals surface area (Å²) in [4.78, 5) is 0. The molecule has 0 spiro atoms. The fraction of sp³-hybridized carbons (Fsp3) is 1.00. The fourth-order valence-corrected chi connectivity index (χ4v) is 0.581. The molecule has 0 aliphatic heterocycles. The predicted molar refractivity (Wildman–Crippen MR) is 53.8 cm³/mol. The van der Waals surface area contributed by atoms with E-state index in [2.05, 4.69) is 14.8 Å². The second-order valence-electron chi connectivity index (χ2n) is 2.49. The van der Waals surface area contributed by atoms with Gasteiger partial charge >= 0.3 is 0 Å². The highest BCUT2D eigenvalue weighted by atomic mass is 16.5. The minimum Gasteiger partial charge on any atom is -0.385 e. The maximum absolute atomic E-state index is 5.13. The first-order valence-corrected chi connectivity index (χ1v) is 4.52. The van der Waals surface area contributed by atoms with Crippen molar-refractivity contribution in [3.05, 3.63) is 0 Å². The molecule has 0 saturated heterocycles. The van der Waals surface area contributed by atoms with Gasteiger partial charge in [-0.3, -0.25) is 0 Å². The number of hydrogen-bond donors (Lipinski definition) is 1. The van der Waals surface area contributed by atoms with Gasteiger partial charge in [-0.2, -0.15) is 0 Å². The van der Waals surface area contributed by atoms with Crippen molar-refractivity contribution in [1.82, 2.24) is 0 Å². The quantitative estimate of drug-likeness (QED) is 0.476. The van der Waals surface area contributed by atoms with Gasteiger partial charge in [-0.25, -0.2) is 0 Å². The van der Waals surface area contributed by atoms with Crippen LogP contribution in [0.1, 0.15) is 26.2 Å². The lowest BCUT2D eigenvalue weighted by Gasteiger charge is -1.89. The van der Waals surface area contributed by atoms with Gasteiger partial charge in [0.2, 0.25) is 0 Å². The highest BCUT2D eigenvalue weighted by Gasteiger charge is 1.74. The smallest absolute Gasteiger partial charge is 0.101 e. The summed E-state index contributed by atoms with van der Waals surface area (Å²) in [6.07, 6.45) is 5.05. The minimum atomic E-state index is 0.730. The molecule has 3 heteroatoms. The Morgan fingerprint density at radius 3 is 2.09 bits per heavy atom. The summed E-state index contributed by atoms with van der Waals surface area (Å²) in [7, 11) is 3.89. The highest BCUT2D eigenvalue weighted by molar-refractivity contribution is 6.08. The van der Waals surface area contributed by atoms with Crippen molar-refractivity contribution in [3.8, 4) is 0 Å². The van der Waals surface area contributed by atoms with E-state index in [1.54, 1.807) is 7.11 Å². The van der Waals surface area contributed by atoms with Gasteiger partial charge in [0, 0.05) is 13.7 Å². The number of rotatable bonds is 5. The van der Waals surface area contributed by atoms with E-state index in [0.717, 1.165) is 19.6 Å². The molecule has 0 aliphatic rings. The van der Waals surface area contributed by atoms with Gasteiger partial charge in [0.1, 0.15) is 7.85 Å². The van der Waals surface area contributed by atoms with E-state index in [1.807, 2.05) is 0 Å². The summed E-state index contributed by atoms with van der Waals surface area (Å²) < 4.78 is 4.70. The number of hydrogen-bond acceptors (Lipinski definition) is 2. The lowest BCUT2D eigenvalue weighted by atomic mass is 10.0. The molecule has 2 nitrogen and oxygen atoms in total. The summed E-state index contributed by atoms with van der Waals surface area (Å²) in [5.41, 5.74) is 5.13. The third kappa shape index (κ3) is 25.6. The number of ether oxygens (including phenoxy) is 1. The number of unbranched alkanes of at least 4 members (excludes halogenated alkanes) is 1. The Balaban J connectivity index is 0. The van der Waals surface area contributed by atoms with Crippen LogP contribution in [0.4, 0.5) is 0 Å². The maximum atomic E-state index is 5.13. The maximum Gasteiger partial charge on any atom is 0.101 e. The second kappa shape index (κ2) is 16.5. The van der Waals surface area contributed by atoms with Gasteiger partial charge in [0.15, 0.2) is 0 Å². The van der Waals surface area contributed by atoms with E-state index in [4.69, 9.17) is 10.5 Å². The molecule has 0 aromatic carbocycles. The van der Waals surface area contributed by atoms with Gasteiger partial charge in [-0.05, 0) is 13.0 Å². The van der Waals surface area contributed by atoms with Gasteiger partial charge in [-0.1, -0.05) is 26.1 Å². The molecule has 0 rings (SSSR count). The van der Waals surface area contributed by atoms with Crippen LogP contribution in [0.5, 0.6) is 0 Å². The molecular formula is C8H22BNO. The Bertz CT molecular complexity index is 47.4. The molecule has 0 aromatic rings. The van der Waals surface area contributed by atoms with Crippen molar-refractivity contribution in [1.29, 1.82) is 0 Å². The molecule has 0 fully saturated rings. The van der Waals surface area contributed by atoms with Crippen molar-refractivity contribution >= 4 is 7.85 Å². The highest BCUT2D eigenvalue weighted by Crippen LogP contribution is 1.86. The number of methoxy groups -OCH3 is 1. The topological polar surface area (TPSA) is 35.2 Å². The van der Waals surface area contributed by atoms with Crippen LogP contribution in [0.2, 0.25) is 6.32 Å². The Morgan fingerprint density at radius 1 is 1.36 bits per heavy atom. The van der Waals surface area contributed by atoms with Crippen molar-refractivity contribution < 1.29 is 4.74 Å². The van der Waals surface area contributed by atoms with Crippen LogP contribution in [-0.2, 0) is 4.74 Å². The number of nitrogens with two attached hydrogens (primary N) is 1. The predicted octanol–water partition coefficient (Wildman–Crippen LogP) is 0.819. The Morgan fingerprint density at radius 2 is 2.00 bits per heavy atom. The molecule has 0 heterocycles. The van der Waals surface area contributed by atoms with Crippen LogP contribution in [-0.4, -0.2) is 28.1 Å². The van der Waals surface area contributed by atoms with E-state index < -0.39 is 0 Å². The zero-order chi connectivity index (χ0) is 8.95. The Labute approximate surface area is 71.9 Å². The molecule has 0 atom stereocenters. The summed E-state index contributed by atoms with van der Waals surface area (Å²) in [6, 6.07) is 0. The van der Waals surface area contributed by atoms with Crippen LogP contribution >= 0.6 is 0 Å². The Kier molecular flexibility index (Phi) is 20.4. The van der Waals surface area contributed by atoms with E-state index in [0.29, 0.717) is 0 Å². The molecule has 0 aromatic heterocycles. The largest absolute Gasteiger partial charge is 0.385 e. The van der Waals surface area contributed by atoms with Crippen LogP contribution in [0.3, 0.4) is 0 Å². The zero-order valence-corrected chi connectivity index (χ0v) is 8.23. The third-order valence-corrected chi connectivity index (χ3v) is 1.26. The summed E-state index contributed by atoms with van der Waals surface area (Å²) in [6.45, 7) is 3.73. The second-order valence-corrected chi connectivity index (χ2v) is 2.49. The van der Waals surface area contributed by atoms with Crippen LogP contribution < -0.4 is 5.73 Å². The monoisotopic (exact) mass is 159 g/mol. The van der Waals surface area contributed by atoms with Gasteiger partial charge in [-0.15, -0.1) is 0 Å². The molecule has 68 valence electrons. The fourth-order valence-electron chi connectivity index (χ4n) is 0.581. The molecular weight excluding hydrogens is 137 g/mol. The van der Waals surface area contributed by atoms with E-state index in [1.165, 1.54) is 19.2 Å². The molecule has 0 aliphatic carbocycles. The average molecular weight is 159 g/mol. The Hall–Kier alpha value is -0.0151. The van der Waals surface area contributed by atoms with E-state index >= 15 is 0 Å². The lowest BCUT2D eigenvalue weighted by Crippen LogP contribution is -2.01. The normalized spacial score (nSPS) is 8.64. The average Bonchev–Trinajstić information content (AvgIpc) is 2.04. The van der Waals surface area contributed by atoms with E-state index in [9.17, 15) is 0 Å². The molecule has 2 N–H and O–H groups in total. The third-order valence-electron chi connectivity index (χ3n) is 1.26. The van der Waals surface area contributed by atoms with Crippen molar-refractivity contribution in [2.45, 2.75) is 32.5 Å². The van der Waals surface area contributed by atoms with E-state index in [-0.39, 0.29) is 0 Å². The van der Waals surface area contributed by atoms with Crippen LogP contribution in [0.25, 0.3) is 0 Å². The molecule has 0 unspecified atom stereocenters. The standard InChI is InChI=1S/C4H11B.C4H11NO/c1-2-3-4-5;1-6-4-2-3-5/h2-5H2,1H3;2-5H2,1H3. The summed E-state index contributed by atoms with van der Waals surface area (Å²) in [5.74, 6) is 0. The molecule has 0 saturated carbocycles. The minimum absolute atomic E-state index is 0.730. The van der Waals surface area contributed by atoms with Crippen molar-refractivity contribution in [3.63, 3.8) is 0 Å². The molecule has 0 amide bonds. The SMILES string of the molecule is BCCCC.COCCCN. The van der Waals surface area contributed by atoms with Gasteiger partial charge in [0.25, 0.3) is 0 Å². The van der Waals surface area contributed by atoms with Crippen molar-refractivity contribution in [2.75, 3.05) is 20.3 Å². The van der Waals surface area contributed by atoms with Crippen LogP contribution in [0, 0.1) is 0 Å². The first-order valence-electron chi connectivity index (χ1n) is 4.52. The van der Waals surface area contributed by atoms with Gasteiger partial charge in [0.05, 0.1) is 0 Å². The first kappa shape index (κ1) is 13.6. The van der Waals surface area contributed by atoms with Crippen molar-refractivity contribution in [2.24, 2.45) is 5.73 Å². The zero-order valence-electron chi connectivity index (χ0n) is 8.23. The molecule has 11 heavy (non-hydrogen) atoms.